The van der Waals surface area contributed by atoms with Gasteiger partial charge >= 0.3 is 12.0 Å². The van der Waals surface area contributed by atoms with Gasteiger partial charge in [-0.25, -0.2) is 4.79 Å². The lowest BCUT2D eigenvalue weighted by Crippen LogP contribution is -2.42. The molecule has 0 aliphatic carbocycles. The van der Waals surface area contributed by atoms with Gasteiger partial charge in [-0.2, -0.15) is 0 Å². The predicted molar refractivity (Wildman–Crippen MR) is 71.4 cm³/mol. The Morgan fingerprint density at radius 2 is 2.05 bits per heavy atom. The summed E-state index contributed by atoms with van der Waals surface area (Å²) >= 11 is 0. The number of rotatable bonds is 3. The molecule has 1 saturated heterocycles. The third-order valence-electron chi connectivity index (χ3n) is 3.16. The maximum atomic E-state index is 11.9. The highest BCUT2D eigenvalue weighted by Crippen LogP contribution is 2.13. The van der Waals surface area contributed by atoms with Crippen LogP contribution in [-0.4, -0.2) is 51.3 Å². The number of pyridine rings is 1. The van der Waals surface area contributed by atoms with Crippen LogP contribution in [-0.2, 0) is 11.2 Å². The first-order chi connectivity index (χ1) is 9.54. The summed E-state index contributed by atoms with van der Waals surface area (Å²) in [5, 5.41) is 20.7. The predicted octanol–water partition coefficient (Wildman–Crippen LogP) is 0.697. The van der Waals surface area contributed by atoms with E-state index in [0.29, 0.717) is 37.3 Å². The van der Waals surface area contributed by atoms with Crippen LogP contribution in [0.3, 0.4) is 0 Å². The minimum Gasteiger partial charge on any atom is -0.481 e. The number of anilines is 1. The van der Waals surface area contributed by atoms with Gasteiger partial charge in [0.05, 0.1) is 30.1 Å². The molecule has 1 fully saturated rings. The van der Waals surface area contributed by atoms with Crippen molar-refractivity contribution in [2.24, 2.45) is 0 Å². The number of urea groups is 1. The highest BCUT2D eigenvalue weighted by molar-refractivity contribution is 5.89. The molecule has 0 radical (unpaired) electrons. The number of amides is 2. The van der Waals surface area contributed by atoms with E-state index in [1.54, 1.807) is 17.0 Å². The Morgan fingerprint density at radius 3 is 2.60 bits per heavy atom. The Hall–Kier alpha value is -2.15. The van der Waals surface area contributed by atoms with Gasteiger partial charge in [0, 0.05) is 13.1 Å². The first-order valence-electron chi connectivity index (χ1n) is 6.45. The maximum absolute atomic E-state index is 11.9. The van der Waals surface area contributed by atoms with Crippen molar-refractivity contribution in [3.05, 3.63) is 24.0 Å². The van der Waals surface area contributed by atoms with Crippen LogP contribution in [0.25, 0.3) is 0 Å². The molecule has 0 bridgehead atoms. The van der Waals surface area contributed by atoms with E-state index < -0.39 is 5.97 Å². The van der Waals surface area contributed by atoms with Crippen molar-refractivity contribution in [3.63, 3.8) is 0 Å². The summed E-state index contributed by atoms with van der Waals surface area (Å²) in [5.74, 6) is -0.943. The summed E-state index contributed by atoms with van der Waals surface area (Å²) in [4.78, 5) is 28.1. The SMILES string of the molecule is O=C(O)Cc1ccc(NC(=O)N2CCC(O)CC2)cn1. The van der Waals surface area contributed by atoms with Crippen LogP contribution in [0.2, 0.25) is 0 Å². The highest BCUT2D eigenvalue weighted by atomic mass is 16.4. The van der Waals surface area contributed by atoms with Crippen LogP contribution in [0.15, 0.2) is 18.3 Å². The number of hydrogen-bond donors (Lipinski definition) is 3. The molecule has 0 unspecified atom stereocenters. The number of likely N-dealkylation sites (tertiary alicyclic amines) is 1. The van der Waals surface area contributed by atoms with Gasteiger partial charge in [-0.3, -0.25) is 9.78 Å². The standard InChI is InChI=1S/C13H17N3O4/c17-11-3-5-16(6-4-11)13(20)15-10-2-1-9(14-8-10)7-12(18)19/h1-2,8,11,17H,3-7H2,(H,15,20)(H,18,19). The monoisotopic (exact) mass is 279 g/mol. The van der Waals surface area contributed by atoms with Crippen LogP contribution in [0, 0.1) is 0 Å². The van der Waals surface area contributed by atoms with E-state index in [-0.39, 0.29) is 18.6 Å². The number of carbonyl (C=O) groups excluding carboxylic acids is 1. The lowest BCUT2D eigenvalue weighted by molar-refractivity contribution is -0.136. The number of nitrogens with one attached hydrogen (secondary N) is 1. The number of aliphatic hydroxyl groups is 1. The Morgan fingerprint density at radius 1 is 1.35 bits per heavy atom. The van der Waals surface area contributed by atoms with Crippen molar-refractivity contribution in [1.82, 2.24) is 9.88 Å². The van der Waals surface area contributed by atoms with E-state index in [1.807, 2.05) is 0 Å². The zero-order valence-electron chi connectivity index (χ0n) is 11.0. The van der Waals surface area contributed by atoms with E-state index in [1.165, 1.54) is 6.20 Å². The molecule has 0 saturated carbocycles. The molecule has 2 rings (SSSR count). The lowest BCUT2D eigenvalue weighted by atomic mass is 10.1. The topological polar surface area (TPSA) is 103 Å². The fourth-order valence-corrected chi connectivity index (χ4v) is 2.03. The van der Waals surface area contributed by atoms with Gasteiger partial charge < -0.3 is 20.4 Å². The van der Waals surface area contributed by atoms with Gasteiger partial charge in [0.15, 0.2) is 0 Å². The molecule has 1 aromatic heterocycles. The first-order valence-corrected chi connectivity index (χ1v) is 6.45. The molecule has 3 N–H and O–H groups in total. The Kier molecular flexibility index (Phi) is 4.52. The first kappa shape index (κ1) is 14.3. The number of piperidine rings is 1. The average Bonchev–Trinajstić information content (AvgIpc) is 2.41. The third-order valence-corrected chi connectivity index (χ3v) is 3.16. The van der Waals surface area contributed by atoms with E-state index in [9.17, 15) is 14.7 Å². The second-order valence-corrected chi connectivity index (χ2v) is 4.76. The van der Waals surface area contributed by atoms with Crippen LogP contribution in [0.4, 0.5) is 10.5 Å². The van der Waals surface area contributed by atoms with Crippen molar-refractivity contribution in [2.45, 2.75) is 25.4 Å². The van der Waals surface area contributed by atoms with Crippen molar-refractivity contribution in [1.29, 1.82) is 0 Å². The van der Waals surface area contributed by atoms with E-state index in [2.05, 4.69) is 10.3 Å². The number of aliphatic hydroxyl groups excluding tert-OH is 1. The number of aromatic nitrogens is 1. The average molecular weight is 279 g/mol. The molecule has 2 heterocycles. The molecule has 0 aromatic carbocycles. The number of carboxylic acid groups (broad SMARTS) is 1. The summed E-state index contributed by atoms with van der Waals surface area (Å²) in [6.07, 6.45) is 2.15. The smallest absolute Gasteiger partial charge is 0.321 e. The molecule has 1 aliphatic heterocycles. The molecule has 1 aliphatic rings. The van der Waals surface area contributed by atoms with Gasteiger partial charge in [-0.05, 0) is 25.0 Å². The van der Waals surface area contributed by atoms with Crippen molar-refractivity contribution >= 4 is 17.7 Å². The van der Waals surface area contributed by atoms with Gasteiger partial charge in [-0.1, -0.05) is 0 Å². The van der Waals surface area contributed by atoms with Gasteiger partial charge in [0.2, 0.25) is 0 Å². The minimum absolute atomic E-state index is 0.141. The number of aliphatic carboxylic acids is 1. The van der Waals surface area contributed by atoms with Gasteiger partial charge in [-0.15, -0.1) is 0 Å². The molecule has 1 aromatic rings. The fourth-order valence-electron chi connectivity index (χ4n) is 2.03. The number of carbonyl (C=O) groups is 2. The van der Waals surface area contributed by atoms with Crippen molar-refractivity contribution in [2.75, 3.05) is 18.4 Å². The summed E-state index contributed by atoms with van der Waals surface area (Å²) in [6.45, 7) is 1.05. The molecule has 0 atom stereocenters. The Balaban J connectivity index is 1.89. The number of nitrogens with zero attached hydrogens (tertiary/aromatic N) is 2. The van der Waals surface area contributed by atoms with Crippen molar-refractivity contribution in [3.8, 4) is 0 Å². The summed E-state index contributed by atoms with van der Waals surface area (Å²) in [6, 6.07) is 2.97. The molecule has 20 heavy (non-hydrogen) atoms. The molecule has 108 valence electrons. The zero-order chi connectivity index (χ0) is 14.5. The molecular weight excluding hydrogens is 262 g/mol. The van der Waals surface area contributed by atoms with E-state index >= 15 is 0 Å². The van der Waals surface area contributed by atoms with Crippen LogP contribution in [0.1, 0.15) is 18.5 Å². The summed E-state index contributed by atoms with van der Waals surface area (Å²) < 4.78 is 0. The van der Waals surface area contributed by atoms with Gasteiger partial charge in [0.25, 0.3) is 0 Å². The number of carboxylic acids is 1. The minimum atomic E-state index is -0.943. The summed E-state index contributed by atoms with van der Waals surface area (Å²) in [7, 11) is 0. The second-order valence-electron chi connectivity index (χ2n) is 4.76. The zero-order valence-corrected chi connectivity index (χ0v) is 11.0. The molecule has 0 spiro atoms. The Bertz CT molecular complexity index is 481. The molecule has 7 heteroatoms. The van der Waals surface area contributed by atoms with E-state index in [4.69, 9.17) is 5.11 Å². The van der Waals surface area contributed by atoms with Gasteiger partial charge in [0.1, 0.15) is 0 Å². The third kappa shape index (κ3) is 3.92. The lowest BCUT2D eigenvalue weighted by Gasteiger charge is -2.29. The maximum Gasteiger partial charge on any atom is 0.321 e. The second kappa shape index (κ2) is 6.33. The van der Waals surface area contributed by atoms with Crippen LogP contribution >= 0.6 is 0 Å². The number of hydrogen-bond acceptors (Lipinski definition) is 4. The molecular formula is C13H17N3O4. The quantitative estimate of drug-likeness (QED) is 0.755. The summed E-state index contributed by atoms with van der Waals surface area (Å²) in [5.41, 5.74) is 0.965. The van der Waals surface area contributed by atoms with Crippen molar-refractivity contribution < 1.29 is 19.8 Å². The molecule has 2 amide bonds. The molecule has 7 nitrogen and oxygen atoms in total. The van der Waals surface area contributed by atoms with Crippen LogP contribution < -0.4 is 5.32 Å². The fraction of sp³-hybridized carbons (Fsp3) is 0.462. The largest absolute Gasteiger partial charge is 0.481 e. The Labute approximate surface area is 116 Å². The normalized spacial score (nSPS) is 15.9. The van der Waals surface area contributed by atoms with Crippen LogP contribution in [0.5, 0.6) is 0 Å². The highest BCUT2D eigenvalue weighted by Gasteiger charge is 2.21. The van der Waals surface area contributed by atoms with E-state index in [0.717, 1.165) is 0 Å².